The number of alkyl halides is 3. The number of anilines is 1. The van der Waals surface area contributed by atoms with E-state index in [9.17, 15) is 18.3 Å². The van der Waals surface area contributed by atoms with E-state index in [4.69, 9.17) is 5.73 Å². The summed E-state index contributed by atoms with van der Waals surface area (Å²) >= 11 is 0. The summed E-state index contributed by atoms with van der Waals surface area (Å²) in [6, 6.07) is 0. The van der Waals surface area contributed by atoms with Gasteiger partial charge in [0.2, 0.25) is 0 Å². The molecule has 0 aliphatic heterocycles. The lowest BCUT2D eigenvalue weighted by Gasteiger charge is -2.16. The van der Waals surface area contributed by atoms with E-state index in [0.29, 0.717) is 0 Å². The van der Waals surface area contributed by atoms with Crippen LogP contribution >= 0.6 is 0 Å². The highest BCUT2D eigenvalue weighted by molar-refractivity contribution is 5.42. The molecule has 0 bridgehead atoms. The molecule has 0 radical (unpaired) electrons. The Morgan fingerprint density at radius 1 is 1.47 bits per heavy atom. The van der Waals surface area contributed by atoms with Crippen LogP contribution in [0, 0.1) is 0 Å². The van der Waals surface area contributed by atoms with Crippen molar-refractivity contribution in [2.75, 3.05) is 5.73 Å². The van der Waals surface area contributed by atoms with E-state index < -0.39 is 23.2 Å². The van der Waals surface area contributed by atoms with Crippen molar-refractivity contribution < 1.29 is 18.3 Å². The predicted molar refractivity (Wildman–Crippen MR) is 47.9 cm³/mol. The zero-order valence-electron chi connectivity index (χ0n) is 8.34. The van der Waals surface area contributed by atoms with Crippen LogP contribution in [0.1, 0.15) is 19.5 Å². The molecule has 0 aliphatic rings. The molecule has 1 heterocycles. The summed E-state index contributed by atoms with van der Waals surface area (Å²) in [5.41, 5.74) is 2.47. The number of hydrogen-bond acceptors (Lipinski definition) is 3. The Morgan fingerprint density at radius 2 is 2.00 bits per heavy atom. The van der Waals surface area contributed by atoms with Gasteiger partial charge in [0.05, 0.1) is 17.8 Å². The molecule has 0 aliphatic carbocycles. The zero-order valence-corrected chi connectivity index (χ0v) is 8.34. The SMILES string of the molecule is CC(C)(O)Cn1cc(N)c(C(F)(F)F)n1. The van der Waals surface area contributed by atoms with Gasteiger partial charge in [-0.15, -0.1) is 0 Å². The van der Waals surface area contributed by atoms with Gasteiger partial charge in [0.15, 0.2) is 5.69 Å². The number of rotatable bonds is 2. The summed E-state index contributed by atoms with van der Waals surface area (Å²) in [7, 11) is 0. The van der Waals surface area contributed by atoms with Crippen LogP contribution in [0.2, 0.25) is 0 Å². The maximum Gasteiger partial charge on any atom is 0.437 e. The van der Waals surface area contributed by atoms with Gasteiger partial charge in [-0.2, -0.15) is 18.3 Å². The Balaban J connectivity index is 2.97. The quantitative estimate of drug-likeness (QED) is 0.793. The van der Waals surface area contributed by atoms with Gasteiger partial charge in [-0.1, -0.05) is 0 Å². The van der Waals surface area contributed by atoms with E-state index in [-0.39, 0.29) is 6.54 Å². The summed E-state index contributed by atoms with van der Waals surface area (Å²) < 4.78 is 37.8. The molecule has 7 heteroatoms. The van der Waals surface area contributed by atoms with Crippen molar-refractivity contribution in [3.05, 3.63) is 11.9 Å². The summed E-state index contributed by atoms with van der Waals surface area (Å²) in [5, 5.41) is 12.7. The number of nitrogens with two attached hydrogens (primary N) is 1. The average molecular weight is 223 g/mol. The third-order valence-corrected chi connectivity index (χ3v) is 1.61. The van der Waals surface area contributed by atoms with Crippen LogP contribution in [-0.4, -0.2) is 20.5 Å². The second kappa shape index (κ2) is 3.41. The first-order valence-electron chi connectivity index (χ1n) is 4.22. The van der Waals surface area contributed by atoms with Gasteiger partial charge in [0.25, 0.3) is 0 Å². The van der Waals surface area contributed by atoms with Crippen LogP contribution in [0.4, 0.5) is 18.9 Å². The second-order valence-corrected chi connectivity index (χ2v) is 3.94. The van der Waals surface area contributed by atoms with Gasteiger partial charge in [-0.3, -0.25) is 4.68 Å². The summed E-state index contributed by atoms with van der Waals surface area (Å²) in [5.74, 6) is 0. The van der Waals surface area contributed by atoms with Crippen LogP contribution in [0.3, 0.4) is 0 Å². The molecule has 86 valence electrons. The standard InChI is InChI=1S/C8H12F3N3O/c1-7(2,15)4-14-3-5(12)6(13-14)8(9,10)11/h3,15H,4,12H2,1-2H3. The average Bonchev–Trinajstić information content (AvgIpc) is 2.25. The number of aliphatic hydroxyl groups is 1. The van der Waals surface area contributed by atoms with Gasteiger partial charge in [-0.25, -0.2) is 0 Å². The van der Waals surface area contributed by atoms with Crippen molar-refractivity contribution >= 4 is 5.69 Å². The smallest absolute Gasteiger partial charge is 0.396 e. The molecule has 0 amide bonds. The van der Waals surface area contributed by atoms with E-state index in [1.165, 1.54) is 13.8 Å². The maximum absolute atomic E-state index is 12.3. The van der Waals surface area contributed by atoms with Crippen LogP contribution in [-0.2, 0) is 12.7 Å². The number of halogens is 3. The van der Waals surface area contributed by atoms with E-state index in [1.54, 1.807) is 0 Å². The summed E-state index contributed by atoms with van der Waals surface area (Å²) in [6.07, 6.45) is -3.50. The summed E-state index contributed by atoms with van der Waals surface area (Å²) in [6.45, 7) is 2.89. The molecule has 1 aromatic rings. The van der Waals surface area contributed by atoms with Crippen LogP contribution < -0.4 is 5.73 Å². The molecule has 15 heavy (non-hydrogen) atoms. The molecule has 0 saturated carbocycles. The Morgan fingerprint density at radius 3 is 2.33 bits per heavy atom. The Bertz CT molecular complexity index is 351. The van der Waals surface area contributed by atoms with E-state index in [0.717, 1.165) is 10.9 Å². The Kier molecular flexibility index (Phi) is 2.69. The van der Waals surface area contributed by atoms with Crippen molar-refractivity contribution in [3.63, 3.8) is 0 Å². The van der Waals surface area contributed by atoms with Gasteiger partial charge in [-0.05, 0) is 13.8 Å². The van der Waals surface area contributed by atoms with E-state index >= 15 is 0 Å². The van der Waals surface area contributed by atoms with Crippen molar-refractivity contribution in [1.82, 2.24) is 9.78 Å². The van der Waals surface area contributed by atoms with Gasteiger partial charge in [0, 0.05) is 6.20 Å². The van der Waals surface area contributed by atoms with Crippen LogP contribution in [0.15, 0.2) is 6.20 Å². The first-order valence-corrected chi connectivity index (χ1v) is 4.22. The molecule has 3 N–H and O–H groups in total. The first kappa shape index (κ1) is 11.8. The lowest BCUT2D eigenvalue weighted by Crippen LogP contribution is -2.26. The highest BCUT2D eigenvalue weighted by atomic mass is 19.4. The third-order valence-electron chi connectivity index (χ3n) is 1.61. The molecule has 1 aromatic heterocycles. The van der Waals surface area contributed by atoms with Crippen molar-refractivity contribution in [3.8, 4) is 0 Å². The minimum absolute atomic E-state index is 0.0483. The fraction of sp³-hybridized carbons (Fsp3) is 0.625. The highest BCUT2D eigenvalue weighted by Crippen LogP contribution is 2.32. The molecule has 0 aromatic carbocycles. The predicted octanol–water partition coefficient (Wildman–Crippen LogP) is 1.25. The molecule has 0 spiro atoms. The fourth-order valence-corrected chi connectivity index (χ4v) is 1.13. The number of nitrogens with zero attached hydrogens (tertiary/aromatic N) is 2. The molecule has 0 atom stereocenters. The molecule has 4 nitrogen and oxygen atoms in total. The van der Waals surface area contributed by atoms with Crippen molar-refractivity contribution in [2.45, 2.75) is 32.2 Å². The Hall–Kier alpha value is -1.24. The lowest BCUT2D eigenvalue weighted by atomic mass is 10.1. The molecule has 1 rings (SSSR count). The molecule has 0 saturated heterocycles. The van der Waals surface area contributed by atoms with Gasteiger partial charge in [0.1, 0.15) is 0 Å². The number of aromatic nitrogens is 2. The second-order valence-electron chi connectivity index (χ2n) is 3.94. The Labute approximate surface area is 84.5 Å². The number of nitrogen functional groups attached to an aromatic ring is 1. The van der Waals surface area contributed by atoms with Gasteiger partial charge < -0.3 is 10.8 Å². The van der Waals surface area contributed by atoms with E-state index in [1.807, 2.05) is 0 Å². The first-order chi connectivity index (χ1) is 6.59. The third kappa shape index (κ3) is 3.12. The fourth-order valence-electron chi connectivity index (χ4n) is 1.13. The zero-order chi connectivity index (χ0) is 11.9. The molecular weight excluding hydrogens is 211 g/mol. The molecule has 0 unspecified atom stereocenters. The monoisotopic (exact) mass is 223 g/mol. The normalized spacial score (nSPS) is 13.2. The van der Waals surface area contributed by atoms with Crippen molar-refractivity contribution in [1.29, 1.82) is 0 Å². The largest absolute Gasteiger partial charge is 0.437 e. The van der Waals surface area contributed by atoms with E-state index in [2.05, 4.69) is 5.10 Å². The maximum atomic E-state index is 12.3. The van der Waals surface area contributed by atoms with Gasteiger partial charge >= 0.3 is 6.18 Å². The topological polar surface area (TPSA) is 64.1 Å². The lowest BCUT2D eigenvalue weighted by molar-refractivity contribution is -0.141. The van der Waals surface area contributed by atoms with Crippen LogP contribution in [0.5, 0.6) is 0 Å². The molecule has 0 fully saturated rings. The molecular formula is C8H12F3N3O. The number of hydrogen-bond donors (Lipinski definition) is 2. The highest BCUT2D eigenvalue weighted by Gasteiger charge is 2.36. The van der Waals surface area contributed by atoms with Crippen molar-refractivity contribution in [2.24, 2.45) is 0 Å². The minimum atomic E-state index is -4.56. The van der Waals surface area contributed by atoms with Crippen LogP contribution in [0.25, 0.3) is 0 Å². The summed E-state index contributed by atoms with van der Waals surface area (Å²) in [4.78, 5) is 0. The minimum Gasteiger partial charge on any atom is -0.396 e.